The van der Waals surface area contributed by atoms with E-state index in [-0.39, 0.29) is 17.7 Å². The van der Waals surface area contributed by atoms with Crippen molar-refractivity contribution in [2.75, 3.05) is 26.6 Å². The Morgan fingerprint density at radius 1 is 0.836 bits per heavy atom. The first kappa shape index (κ1) is 36.6. The Bertz CT molecular complexity index is 2650. The van der Waals surface area contributed by atoms with E-state index in [2.05, 4.69) is 31.8 Å². The van der Waals surface area contributed by atoms with Gasteiger partial charge in [0.1, 0.15) is 28.4 Å². The van der Waals surface area contributed by atoms with Gasteiger partial charge < -0.3 is 38.7 Å². The maximum absolute atomic E-state index is 13.4. The van der Waals surface area contributed by atoms with Crippen molar-refractivity contribution in [2.45, 2.75) is 19.3 Å². The zero-order chi connectivity index (χ0) is 38.7. The van der Waals surface area contributed by atoms with Crippen LogP contribution in [-0.2, 0) is 23.8 Å². The molecule has 278 valence electrons. The molecule has 0 bridgehead atoms. The summed E-state index contributed by atoms with van der Waals surface area (Å²) in [4.78, 5) is 51.5. The van der Waals surface area contributed by atoms with Crippen molar-refractivity contribution in [3.05, 3.63) is 119 Å². The van der Waals surface area contributed by atoms with E-state index in [1.54, 1.807) is 62.1 Å². The highest BCUT2D eigenvalue weighted by atomic mass is 31.2. The Morgan fingerprint density at radius 3 is 2.24 bits per heavy atom. The molecule has 0 atom stereocenters. The smallest absolute Gasteiger partial charge is 0.329 e. The van der Waals surface area contributed by atoms with Crippen LogP contribution in [0.15, 0.2) is 91.5 Å². The summed E-state index contributed by atoms with van der Waals surface area (Å²) in [7, 11) is 0.317. The number of para-hydroxylation sites is 1. The first-order valence-electron chi connectivity index (χ1n) is 16.8. The van der Waals surface area contributed by atoms with E-state index >= 15 is 0 Å². The first-order valence-corrected chi connectivity index (χ1v) is 18.6. The molecular weight excluding hydrogens is 725 g/mol. The Morgan fingerprint density at radius 2 is 1.55 bits per heavy atom. The highest BCUT2D eigenvalue weighted by Crippen LogP contribution is 2.44. The van der Waals surface area contributed by atoms with Crippen LogP contribution in [0.3, 0.4) is 0 Å². The molecule has 0 radical (unpaired) electrons. The third-order valence-electron chi connectivity index (χ3n) is 8.93. The average Bonchev–Trinajstić information content (AvgIpc) is 3.61. The molecule has 55 heavy (non-hydrogen) atoms. The predicted octanol–water partition coefficient (Wildman–Crippen LogP) is 6.09. The number of hydrogen-bond acceptors (Lipinski definition) is 11. The van der Waals surface area contributed by atoms with Crippen molar-refractivity contribution in [2.24, 2.45) is 0 Å². The fourth-order valence-corrected chi connectivity index (χ4v) is 7.01. The molecule has 0 saturated carbocycles. The van der Waals surface area contributed by atoms with Gasteiger partial charge in [-0.15, -0.1) is 0 Å². The van der Waals surface area contributed by atoms with Crippen LogP contribution in [0, 0.1) is 11.3 Å². The Kier molecular flexibility index (Phi) is 10.2. The van der Waals surface area contributed by atoms with Crippen molar-refractivity contribution >= 4 is 52.0 Å². The number of fused-ring (bicyclic) bond motifs is 4. The third kappa shape index (κ3) is 7.55. The lowest BCUT2D eigenvalue weighted by atomic mass is 10.1. The summed E-state index contributed by atoms with van der Waals surface area (Å²) in [6.07, 6.45) is 4.44. The average molecular weight is 760 g/mol. The van der Waals surface area contributed by atoms with Gasteiger partial charge in [-0.3, -0.25) is 14.3 Å². The van der Waals surface area contributed by atoms with Crippen LogP contribution < -0.4 is 29.8 Å². The van der Waals surface area contributed by atoms with E-state index in [0.717, 1.165) is 16.5 Å². The second-order valence-electron chi connectivity index (χ2n) is 12.4. The summed E-state index contributed by atoms with van der Waals surface area (Å²) >= 11 is 0. The molecule has 0 aliphatic rings. The van der Waals surface area contributed by atoms with Crippen LogP contribution in [0.1, 0.15) is 32.6 Å². The molecule has 3 heterocycles. The van der Waals surface area contributed by atoms with Gasteiger partial charge in [0.25, 0.3) is 5.91 Å². The van der Waals surface area contributed by atoms with Gasteiger partial charge >= 0.3 is 7.60 Å². The third-order valence-corrected chi connectivity index (χ3v) is 9.71. The molecule has 0 spiro atoms. The predicted molar refractivity (Wildman–Crippen MR) is 204 cm³/mol. The summed E-state index contributed by atoms with van der Waals surface area (Å²) in [5, 5.41) is 14.4. The molecule has 4 N–H and O–H groups in total. The lowest BCUT2D eigenvalue weighted by Gasteiger charge is -2.17. The number of amides is 1. The molecule has 0 aliphatic carbocycles. The van der Waals surface area contributed by atoms with E-state index in [1.165, 1.54) is 20.4 Å². The number of rotatable bonds is 13. The fourth-order valence-electron chi connectivity index (χ4n) is 6.33. The molecular formula is C39H34N7O8P. The second kappa shape index (κ2) is 15.3. The highest BCUT2D eigenvalue weighted by molar-refractivity contribution is 7.50. The van der Waals surface area contributed by atoms with E-state index in [1.807, 2.05) is 34.9 Å². The summed E-state index contributed by atoms with van der Waals surface area (Å²) < 4.78 is 30.1. The molecule has 15 nitrogen and oxygen atoms in total. The minimum Gasteiger partial charge on any atom is -0.494 e. The SMILES string of the molecule is COc1cc2c(ncc3ncn(Cc4ccc(CP(=O)(O)O)cc4)c32)c(ONC(=O)c2ccc(CNc3c(C#N)cnc4c(OC)cccc34)cc2)c1OC. The van der Waals surface area contributed by atoms with Gasteiger partial charge in [0.05, 0.1) is 56.8 Å². The minimum atomic E-state index is -4.19. The molecule has 1 amide bonds. The number of ether oxygens (including phenoxy) is 3. The number of imidazole rings is 1. The van der Waals surface area contributed by atoms with Crippen LogP contribution in [-0.4, -0.2) is 56.5 Å². The number of nitriles is 1. The van der Waals surface area contributed by atoms with Crippen LogP contribution in [0.4, 0.5) is 5.69 Å². The van der Waals surface area contributed by atoms with Gasteiger partial charge in [0.2, 0.25) is 11.5 Å². The van der Waals surface area contributed by atoms with Gasteiger partial charge in [0.15, 0.2) is 5.75 Å². The zero-order valence-electron chi connectivity index (χ0n) is 29.8. The van der Waals surface area contributed by atoms with Crippen molar-refractivity contribution in [1.82, 2.24) is 25.0 Å². The number of carbonyl (C=O) groups is 1. The van der Waals surface area contributed by atoms with Crippen LogP contribution >= 0.6 is 7.60 Å². The molecule has 7 aromatic rings. The van der Waals surface area contributed by atoms with Crippen LogP contribution in [0.2, 0.25) is 0 Å². The number of pyridine rings is 2. The molecule has 0 unspecified atom stereocenters. The van der Waals surface area contributed by atoms with Crippen molar-refractivity contribution < 1.29 is 38.2 Å². The van der Waals surface area contributed by atoms with Gasteiger partial charge in [-0.05, 0) is 41.0 Å². The molecule has 3 aromatic heterocycles. The van der Waals surface area contributed by atoms with E-state index in [4.69, 9.17) is 19.0 Å². The van der Waals surface area contributed by atoms with Crippen LogP contribution in [0.5, 0.6) is 23.0 Å². The lowest BCUT2D eigenvalue weighted by molar-refractivity contribution is 0.0756. The van der Waals surface area contributed by atoms with Gasteiger partial charge in [0, 0.05) is 35.6 Å². The molecule has 16 heteroatoms. The number of benzene rings is 4. The fraction of sp³-hybridized carbons (Fsp3) is 0.154. The molecule has 4 aromatic carbocycles. The van der Waals surface area contributed by atoms with E-state index < -0.39 is 13.5 Å². The maximum Gasteiger partial charge on any atom is 0.329 e. The van der Waals surface area contributed by atoms with Gasteiger partial charge in [-0.2, -0.15) is 10.7 Å². The lowest BCUT2D eigenvalue weighted by Crippen LogP contribution is -2.27. The molecule has 0 aliphatic heterocycles. The highest BCUT2D eigenvalue weighted by Gasteiger charge is 2.23. The van der Waals surface area contributed by atoms with Crippen molar-refractivity contribution in [1.29, 1.82) is 5.26 Å². The van der Waals surface area contributed by atoms with Crippen LogP contribution in [0.25, 0.3) is 32.8 Å². The first-order chi connectivity index (χ1) is 26.6. The van der Waals surface area contributed by atoms with Gasteiger partial charge in [-0.1, -0.05) is 48.5 Å². The van der Waals surface area contributed by atoms with Crippen molar-refractivity contribution in [3.63, 3.8) is 0 Å². The normalized spacial score (nSPS) is 11.3. The summed E-state index contributed by atoms with van der Waals surface area (Å²) in [6, 6.07) is 23.4. The number of aromatic nitrogens is 4. The summed E-state index contributed by atoms with van der Waals surface area (Å²) in [6.45, 7) is 0.765. The Labute approximate surface area is 314 Å². The minimum absolute atomic E-state index is 0.122. The molecule has 0 fully saturated rings. The topological polar surface area (TPSA) is 203 Å². The van der Waals surface area contributed by atoms with E-state index in [9.17, 15) is 24.4 Å². The monoisotopic (exact) mass is 759 g/mol. The number of nitrogens with one attached hydrogen (secondary N) is 2. The Hall–Kier alpha value is -6.72. The zero-order valence-corrected chi connectivity index (χ0v) is 30.7. The number of carbonyl (C=O) groups excluding carboxylic acids is 1. The maximum atomic E-state index is 13.4. The number of methoxy groups -OCH3 is 3. The van der Waals surface area contributed by atoms with E-state index in [0.29, 0.717) is 74.4 Å². The second-order valence-corrected chi connectivity index (χ2v) is 14.1. The number of nitrogens with zero attached hydrogens (tertiary/aromatic N) is 5. The standard InChI is InChI=1S/C39H34N7O8P/c1-51-31-6-4-5-28-33(27(16-40)18-42-34(28)31)41-17-23-11-13-26(14-12-23)39(47)45-54-38-35-29(15-32(52-2)37(38)53-3)36-30(19-43-35)44-22-46(36)20-24-7-9-25(10-8-24)21-55(48,49)50/h4-15,18-19,22H,17,20-21H2,1-3H3,(H,41,42)(H,45,47)(H2,48,49,50). The number of anilines is 1. The largest absolute Gasteiger partial charge is 0.494 e. The Balaban J connectivity index is 1.11. The number of hydrogen-bond donors (Lipinski definition) is 4. The quantitative estimate of drug-likeness (QED) is 0.0777. The molecule has 7 rings (SSSR count). The number of hydroxylamine groups is 1. The summed E-state index contributed by atoms with van der Waals surface area (Å²) in [5.74, 6) is 0.746. The van der Waals surface area contributed by atoms with Crippen molar-refractivity contribution in [3.8, 4) is 29.1 Å². The van der Waals surface area contributed by atoms with Gasteiger partial charge in [-0.25, -0.2) is 9.97 Å². The molecule has 0 saturated heterocycles. The summed E-state index contributed by atoms with van der Waals surface area (Å²) in [5.41, 5.74) is 8.45.